The Balaban J connectivity index is 1.72. The third kappa shape index (κ3) is 2.73. The van der Waals surface area contributed by atoms with E-state index in [9.17, 15) is 4.79 Å². The summed E-state index contributed by atoms with van der Waals surface area (Å²) in [5.41, 5.74) is 7.39. The van der Waals surface area contributed by atoms with Gasteiger partial charge in [0.1, 0.15) is 12.0 Å². The monoisotopic (exact) mass is 400 g/mol. The van der Waals surface area contributed by atoms with Crippen LogP contribution >= 0.6 is 0 Å². The predicted molar refractivity (Wildman–Crippen MR) is 116 cm³/mol. The molecule has 5 nitrogen and oxygen atoms in total. The number of amides is 1. The van der Waals surface area contributed by atoms with Gasteiger partial charge in [-0.3, -0.25) is 4.79 Å². The highest BCUT2D eigenvalue weighted by Crippen LogP contribution is 2.41. The first kappa shape index (κ1) is 18.6. The number of ether oxygens (including phenoxy) is 1. The molecule has 0 fully saturated rings. The van der Waals surface area contributed by atoms with E-state index >= 15 is 0 Å². The van der Waals surface area contributed by atoms with Crippen LogP contribution in [0, 0.1) is 13.8 Å². The smallest absolute Gasteiger partial charge is 0.257 e. The summed E-state index contributed by atoms with van der Waals surface area (Å²) in [5.74, 6) is 0.836. The lowest BCUT2D eigenvalue weighted by Crippen LogP contribution is -2.40. The van der Waals surface area contributed by atoms with E-state index in [2.05, 4.69) is 43.1 Å². The lowest BCUT2D eigenvalue weighted by molar-refractivity contribution is 0.0691. The number of fused-ring (bicyclic) bond motifs is 3. The maximum absolute atomic E-state index is 13.4. The fourth-order valence-corrected chi connectivity index (χ4v) is 4.67. The topological polar surface area (TPSA) is 58.5 Å². The molecule has 2 aromatic heterocycles. The number of methoxy groups -OCH3 is 1. The minimum Gasteiger partial charge on any atom is -0.496 e. The lowest BCUT2D eigenvalue weighted by atomic mass is 9.88. The number of rotatable bonds is 3. The van der Waals surface area contributed by atoms with Crippen LogP contribution in [0.25, 0.3) is 10.9 Å². The molecule has 30 heavy (non-hydrogen) atoms. The summed E-state index contributed by atoms with van der Waals surface area (Å²) in [5, 5.41) is 1.23. The molecule has 0 bridgehead atoms. The number of hydrogen-bond acceptors (Lipinski definition) is 3. The average Bonchev–Trinajstić information content (AvgIpc) is 3.43. The first-order chi connectivity index (χ1) is 14.6. The van der Waals surface area contributed by atoms with Crippen molar-refractivity contribution in [2.75, 3.05) is 13.7 Å². The Kier molecular flexibility index (Phi) is 4.39. The molecule has 1 aliphatic rings. The van der Waals surface area contributed by atoms with E-state index in [0.717, 1.165) is 40.1 Å². The highest BCUT2D eigenvalue weighted by Gasteiger charge is 2.36. The fraction of sp³-hybridized carbons (Fsp3) is 0.240. The minimum absolute atomic E-state index is 0.0223. The molecule has 0 aliphatic carbocycles. The van der Waals surface area contributed by atoms with Crippen LogP contribution in [0.5, 0.6) is 5.75 Å². The molecule has 1 unspecified atom stereocenters. The second kappa shape index (κ2) is 7.10. The van der Waals surface area contributed by atoms with Gasteiger partial charge in [-0.2, -0.15) is 0 Å². The van der Waals surface area contributed by atoms with Crippen LogP contribution in [0.1, 0.15) is 44.3 Å². The average molecular weight is 400 g/mol. The molecule has 1 amide bonds. The SMILES string of the molecule is COc1ccc(C2c3[nH]c4ccccc4c3CCN2C(=O)c2ccoc2)c(C)c1C. The summed E-state index contributed by atoms with van der Waals surface area (Å²) < 4.78 is 10.7. The van der Waals surface area contributed by atoms with Crippen molar-refractivity contribution in [3.8, 4) is 5.75 Å². The van der Waals surface area contributed by atoms with E-state index in [1.165, 1.54) is 17.2 Å². The van der Waals surface area contributed by atoms with E-state index in [1.54, 1.807) is 19.4 Å². The second-order valence-electron chi connectivity index (χ2n) is 7.83. The van der Waals surface area contributed by atoms with Crippen molar-refractivity contribution in [2.24, 2.45) is 0 Å². The summed E-state index contributed by atoms with van der Waals surface area (Å²) >= 11 is 0. The summed E-state index contributed by atoms with van der Waals surface area (Å²) in [6, 6.07) is 14.0. The second-order valence-corrected chi connectivity index (χ2v) is 7.83. The molecule has 1 N–H and O–H groups in total. The van der Waals surface area contributed by atoms with E-state index in [1.807, 2.05) is 17.0 Å². The van der Waals surface area contributed by atoms with Crippen molar-refractivity contribution in [1.82, 2.24) is 9.88 Å². The summed E-state index contributed by atoms with van der Waals surface area (Å²) in [4.78, 5) is 19.0. The number of carbonyl (C=O) groups is 1. The quantitative estimate of drug-likeness (QED) is 0.516. The van der Waals surface area contributed by atoms with E-state index in [0.29, 0.717) is 12.1 Å². The minimum atomic E-state index is -0.201. The number of carbonyl (C=O) groups excluding carboxylic acids is 1. The zero-order valence-electron chi connectivity index (χ0n) is 17.4. The molecule has 0 saturated carbocycles. The predicted octanol–water partition coefficient (Wildman–Crippen LogP) is 5.17. The number of H-pyrrole nitrogens is 1. The van der Waals surface area contributed by atoms with Crippen molar-refractivity contribution < 1.29 is 13.9 Å². The zero-order chi connectivity index (χ0) is 20.8. The van der Waals surface area contributed by atoms with Gasteiger partial charge in [-0.05, 0) is 60.7 Å². The third-order valence-corrected chi connectivity index (χ3v) is 6.36. The van der Waals surface area contributed by atoms with E-state index in [-0.39, 0.29) is 11.9 Å². The third-order valence-electron chi connectivity index (χ3n) is 6.36. The van der Waals surface area contributed by atoms with Crippen LogP contribution in [-0.2, 0) is 6.42 Å². The highest BCUT2D eigenvalue weighted by atomic mass is 16.5. The molecule has 1 aliphatic heterocycles. The maximum Gasteiger partial charge on any atom is 0.257 e. The molecule has 152 valence electrons. The van der Waals surface area contributed by atoms with Crippen molar-refractivity contribution in [2.45, 2.75) is 26.3 Å². The van der Waals surface area contributed by atoms with Gasteiger partial charge in [0.25, 0.3) is 5.91 Å². The molecule has 4 aromatic rings. The number of nitrogens with zero attached hydrogens (tertiary/aromatic N) is 1. The summed E-state index contributed by atoms with van der Waals surface area (Å²) in [6.45, 7) is 4.81. The Labute approximate surface area is 175 Å². The zero-order valence-corrected chi connectivity index (χ0v) is 17.4. The number of para-hydroxylation sites is 1. The van der Waals surface area contributed by atoms with Gasteiger partial charge >= 0.3 is 0 Å². The fourth-order valence-electron chi connectivity index (χ4n) is 4.67. The van der Waals surface area contributed by atoms with Gasteiger partial charge < -0.3 is 19.0 Å². The van der Waals surface area contributed by atoms with Gasteiger partial charge in [0.05, 0.1) is 25.0 Å². The largest absolute Gasteiger partial charge is 0.496 e. The van der Waals surface area contributed by atoms with E-state index in [4.69, 9.17) is 9.15 Å². The molecule has 2 aromatic carbocycles. The Bertz CT molecular complexity index is 1240. The normalized spacial score (nSPS) is 16.0. The van der Waals surface area contributed by atoms with Crippen LogP contribution in [0.15, 0.2) is 59.4 Å². The molecule has 3 heterocycles. The Hall–Kier alpha value is -3.47. The Morgan fingerprint density at radius 3 is 2.73 bits per heavy atom. The summed E-state index contributed by atoms with van der Waals surface area (Å²) in [7, 11) is 1.69. The molecule has 0 saturated heterocycles. The first-order valence-corrected chi connectivity index (χ1v) is 10.2. The van der Waals surface area contributed by atoms with Gasteiger partial charge in [0, 0.05) is 23.1 Å². The number of nitrogens with one attached hydrogen (secondary N) is 1. The number of benzene rings is 2. The number of aromatic amines is 1. The lowest BCUT2D eigenvalue weighted by Gasteiger charge is -2.37. The Morgan fingerprint density at radius 1 is 1.13 bits per heavy atom. The van der Waals surface area contributed by atoms with Crippen LogP contribution in [0.2, 0.25) is 0 Å². The number of aromatic nitrogens is 1. The summed E-state index contributed by atoms with van der Waals surface area (Å²) in [6.07, 6.45) is 3.88. The molecule has 5 heteroatoms. The molecule has 5 rings (SSSR count). The van der Waals surface area contributed by atoms with Crippen molar-refractivity contribution in [1.29, 1.82) is 0 Å². The van der Waals surface area contributed by atoms with E-state index < -0.39 is 0 Å². The molecular formula is C25H24N2O3. The molecule has 0 spiro atoms. The van der Waals surface area contributed by atoms with Gasteiger partial charge in [0.2, 0.25) is 0 Å². The number of hydrogen-bond donors (Lipinski definition) is 1. The molecule has 1 atom stereocenters. The maximum atomic E-state index is 13.4. The van der Waals surface area contributed by atoms with Gasteiger partial charge in [0.15, 0.2) is 0 Å². The first-order valence-electron chi connectivity index (χ1n) is 10.2. The Morgan fingerprint density at radius 2 is 1.97 bits per heavy atom. The van der Waals surface area contributed by atoms with Gasteiger partial charge in [-0.25, -0.2) is 0 Å². The van der Waals surface area contributed by atoms with Crippen molar-refractivity contribution >= 4 is 16.8 Å². The molecule has 0 radical (unpaired) electrons. The van der Waals surface area contributed by atoms with Gasteiger partial charge in [-0.15, -0.1) is 0 Å². The van der Waals surface area contributed by atoms with Crippen molar-refractivity contribution in [3.63, 3.8) is 0 Å². The van der Waals surface area contributed by atoms with Crippen molar-refractivity contribution in [3.05, 3.63) is 88.5 Å². The highest BCUT2D eigenvalue weighted by molar-refractivity contribution is 5.95. The van der Waals surface area contributed by atoms with Crippen LogP contribution in [0.3, 0.4) is 0 Å². The van der Waals surface area contributed by atoms with Crippen LogP contribution in [-0.4, -0.2) is 29.4 Å². The number of furan rings is 1. The van der Waals surface area contributed by atoms with Crippen LogP contribution in [0.4, 0.5) is 0 Å². The molecular weight excluding hydrogens is 376 g/mol. The van der Waals surface area contributed by atoms with Crippen LogP contribution < -0.4 is 4.74 Å². The standard InChI is InChI=1S/C25H24N2O3/c1-15-16(2)22(29-3)9-8-18(15)24-23-20(19-6-4-5-7-21(19)26-23)10-12-27(24)25(28)17-11-13-30-14-17/h4-9,11,13-14,24,26H,10,12H2,1-3H3. The van der Waals surface area contributed by atoms with Gasteiger partial charge in [-0.1, -0.05) is 24.3 Å².